The van der Waals surface area contributed by atoms with Gasteiger partial charge in [0.25, 0.3) is 0 Å². The molecule has 0 aliphatic carbocycles. The van der Waals surface area contributed by atoms with Crippen molar-refractivity contribution in [2.45, 2.75) is 6.42 Å². The van der Waals surface area contributed by atoms with Crippen molar-refractivity contribution in [3.05, 3.63) is 29.8 Å². The summed E-state index contributed by atoms with van der Waals surface area (Å²) < 4.78 is 12.9. The second kappa shape index (κ2) is 5.14. The third-order valence-electron chi connectivity index (χ3n) is 2.30. The van der Waals surface area contributed by atoms with E-state index in [1.165, 1.54) is 12.1 Å². The number of carbonyl (C=O) groups excluding carboxylic acids is 1. The molecule has 0 aliphatic heterocycles. The van der Waals surface area contributed by atoms with Gasteiger partial charge in [0.15, 0.2) is 0 Å². The molecule has 0 saturated heterocycles. The molecule has 0 atom stereocenters. The summed E-state index contributed by atoms with van der Waals surface area (Å²) in [4.78, 5) is 18.2. The molecule has 4 nitrogen and oxygen atoms in total. The molecule has 0 saturated carbocycles. The first kappa shape index (κ1) is 11.9. The van der Waals surface area contributed by atoms with Gasteiger partial charge < -0.3 is 10.3 Å². The average molecular weight is 256 g/mol. The van der Waals surface area contributed by atoms with Gasteiger partial charge in [-0.3, -0.25) is 4.79 Å². The van der Waals surface area contributed by atoms with Crippen molar-refractivity contribution < 1.29 is 9.18 Å². The van der Waals surface area contributed by atoms with Crippen molar-refractivity contribution in [2.75, 3.05) is 12.4 Å². The smallest absolute Gasteiger partial charge is 0.234 e. The molecular weight excluding hydrogens is 245 g/mol. The predicted molar refractivity (Wildman–Crippen MR) is 63.5 cm³/mol. The van der Waals surface area contributed by atoms with Crippen LogP contribution >= 0.6 is 11.6 Å². The molecule has 0 bridgehead atoms. The number of hydrogen-bond donors (Lipinski definition) is 2. The van der Waals surface area contributed by atoms with Crippen molar-refractivity contribution in [2.24, 2.45) is 0 Å². The van der Waals surface area contributed by atoms with E-state index in [0.29, 0.717) is 29.8 Å². The quantitative estimate of drug-likeness (QED) is 0.816. The number of halogens is 2. The van der Waals surface area contributed by atoms with Gasteiger partial charge in [0.05, 0.1) is 11.0 Å². The number of aromatic nitrogens is 2. The fourth-order valence-corrected chi connectivity index (χ4v) is 1.62. The molecule has 1 aromatic carbocycles. The Balaban J connectivity index is 2.02. The second-order valence-electron chi connectivity index (χ2n) is 3.58. The van der Waals surface area contributed by atoms with Crippen molar-refractivity contribution in [1.82, 2.24) is 15.3 Å². The Morgan fingerprint density at radius 2 is 2.35 bits per heavy atom. The highest BCUT2D eigenvalue weighted by Gasteiger charge is 2.04. The van der Waals surface area contributed by atoms with Crippen LogP contribution in [0.1, 0.15) is 5.82 Å². The first-order chi connectivity index (χ1) is 8.19. The zero-order valence-electron chi connectivity index (χ0n) is 8.96. The number of nitrogens with zero attached hydrogens (tertiary/aromatic N) is 1. The summed E-state index contributed by atoms with van der Waals surface area (Å²) in [6, 6.07) is 4.37. The topological polar surface area (TPSA) is 57.8 Å². The standard InChI is InChI=1S/C11H11ClFN3O/c12-6-11(17)14-4-3-10-15-8-2-1-7(13)5-9(8)16-10/h1-2,5H,3-4,6H2,(H,14,17)(H,15,16). The summed E-state index contributed by atoms with van der Waals surface area (Å²) in [5.41, 5.74) is 1.37. The largest absolute Gasteiger partial charge is 0.355 e. The summed E-state index contributed by atoms with van der Waals surface area (Å²) in [5.74, 6) is 0.142. The van der Waals surface area contributed by atoms with Crippen LogP contribution in [0, 0.1) is 5.82 Å². The lowest BCUT2D eigenvalue weighted by Crippen LogP contribution is -2.26. The number of aromatic amines is 1. The summed E-state index contributed by atoms with van der Waals surface area (Å²) in [6.07, 6.45) is 0.554. The monoisotopic (exact) mass is 255 g/mol. The molecule has 2 N–H and O–H groups in total. The molecule has 0 unspecified atom stereocenters. The van der Waals surface area contributed by atoms with Gasteiger partial charge in [-0.2, -0.15) is 0 Å². The van der Waals surface area contributed by atoms with E-state index >= 15 is 0 Å². The Morgan fingerprint density at radius 1 is 1.53 bits per heavy atom. The van der Waals surface area contributed by atoms with Crippen LogP contribution in [-0.2, 0) is 11.2 Å². The Bertz CT molecular complexity index is 540. The van der Waals surface area contributed by atoms with Crippen LogP contribution in [-0.4, -0.2) is 28.3 Å². The van der Waals surface area contributed by atoms with Crippen LogP contribution in [0.3, 0.4) is 0 Å². The minimum atomic E-state index is -0.303. The Morgan fingerprint density at radius 3 is 3.12 bits per heavy atom. The molecule has 2 rings (SSSR count). The van der Waals surface area contributed by atoms with E-state index in [1.54, 1.807) is 6.07 Å². The number of nitrogens with one attached hydrogen (secondary N) is 2. The van der Waals surface area contributed by atoms with Gasteiger partial charge in [-0.05, 0) is 18.2 Å². The number of amides is 1. The maximum Gasteiger partial charge on any atom is 0.234 e. The van der Waals surface area contributed by atoms with E-state index in [4.69, 9.17) is 11.6 Å². The number of imidazole rings is 1. The third-order valence-corrected chi connectivity index (χ3v) is 2.54. The predicted octanol–water partition coefficient (Wildman–Crippen LogP) is 1.60. The van der Waals surface area contributed by atoms with E-state index in [-0.39, 0.29) is 17.6 Å². The minimum absolute atomic E-state index is 0.0503. The highest BCUT2D eigenvalue weighted by molar-refractivity contribution is 6.27. The Kier molecular flexibility index (Phi) is 3.58. The first-order valence-electron chi connectivity index (χ1n) is 5.16. The zero-order valence-corrected chi connectivity index (χ0v) is 9.72. The molecular formula is C11H11ClFN3O. The minimum Gasteiger partial charge on any atom is -0.355 e. The number of H-pyrrole nitrogens is 1. The fourth-order valence-electron chi connectivity index (χ4n) is 1.52. The van der Waals surface area contributed by atoms with E-state index in [2.05, 4.69) is 15.3 Å². The highest BCUT2D eigenvalue weighted by atomic mass is 35.5. The van der Waals surface area contributed by atoms with Crippen LogP contribution in [0.5, 0.6) is 0 Å². The van der Waals surface area contributed by atoms with E-state index < -0.39 is 0 Å². The Hall–Kier alpha value is -1.62. The van der Waals surface area contributed by atoms with Gasteiger partial charge in [0.1, 0.15) is 17.5 Å². The van der Waals surface area contributed by atoms with Gasteiger partial charge in [-0.1, -0.05) is 0 Å². The summed E-state index contributed by atoms with van der Waals surface area (Å²) in [6.45, 7) is 0.452. The maximum atomic E-state index is 12.9. The third kappa shape index (κ3) is 2.94. The number of fused-ring (bicyclic) bond motifs is 1. The average Bonchev–Trinajstić information content (AvgIpc) is 2.70. The normalized spacial score (nSPS) is 10.7. The van der Waals surface area contributed by atoms with Crippen LogP contribution < -0.4 is 5.32 Å². The fraction of sp³-hybridized carbons (Fsp3) is 0.273. The van der Waals surface area contributed by atoms with Crippen LogP contribution in [0.25, 0.3) is 11.0 Å². The van der Waals surface area contributed by atoms with E-state index in [0.717, 1.165) is 0 Å². The lowest BCUT2D eigenvalue weighted by Gasteiger charge is -1.99. The number of hydrogen-bond acceptors (Lipinski definition) is 2. The molecule has 1 amide bonds. The molecule has 1 aromatic heterocycles. The van der Waals surface area contributed by atoms with Crippen LogP contribution in [0.4, 0.5) is 4.39 Å². The maximum absolute atomic E-state index is 12.9. The summed E-state index contributed by atoms with van der Waals surface area (Å²) >= 11 is 5.34. The van der Waals surface area contributed by atoms with Crippen LogP contribution in [0.2, 0.25) is 0 Å². The van der Waals surface area contributed by atoms with Crippen LogP contribution in [0.15, 0.2) is 18.2 Å². The van der Waals surface area contributed by atoms with Crippen molar-refractivity contribution >= 4 is 28.5 Å². The molecule has 0 radical (unpaired) electrons. The van der Waals surface area contributed by atoms with Gasteiger partial charge in [-0.15, -0.1) is 11.6 Å². The molecule has 1 heterocycles. The molecule has 90 valence electrons. The zero-order chi connectivity index (χ0) is 12.3. The lowest BCUT2D eigenvalue weighted by molar-refractivity contribution is -0.118. The number of benzene rings is 1. The van der Waals surface area contributed by atoms with E-state index in [9.17, 15) is 9.18 Å². The molecule has 0 fully saturated rings. The number of rotatable bonds is 4. The SMILES string of the molecule is O=C(CCl)NCCc1nc2ccc(F)cc2[nH]1. The highest BCUT2D eigenvalue weighted by Crippen LogP contribution is 2.12. The Labute approximate surface area is 102 Å². The second-order valence-corrected chi connectivity index (χ2v) is 3.85. The van der Waals surface area contributed by atoms with Gasteiger partial charge in [-0.25, -0.2) is 9.37 Å². The van der Waals surface area contributed by atoms with Gasteiger partial charge in [0, 0.05) is 13.0 Å². The molecule has 2 aromatic rings. The molecule has 0 aliphatic rings. The number of alkyl halides is 1. The number of carbonyl (C=O) groups is 1. The lowest BCUT2D eigenvalue weighted by atomic mass is 10.3. The van der Waals surface area contributed by atoms with Gasteiger partial charge in [0.2, 0.25) is 5.91 Å². The van der Waals surface area contributed by atoms with Gasteiger partial charge >= 0.3 is 0 Å². The summed E-state index contributed by atoms with van der Waals surface area (Å²) in [5, 5.41) is 2.63. The first-order valence-corrected chi connectivity index (χ1v) is 5.69. The van der Waals surface area contributed by atoms with Crippen molar-refractivity contribution in [3.63, 3.8) is 0 Å². The van der Waals surface area contributed by atoms with E-state index in [1.807, 2.05) is 0 Å². The molecule has 6 heteroatoms. The molecule has 0 spiro atoms. The van der Waals surface area contributed by atoms with Crippen molar-refractivity contribution in [3.8, 4) is 0 Å². The summed E-state index contributed by atoms with van der Waals surface area (Å²) in [7, 11) is 0. The molecule has 17 heavy (non-hydrogen) atoms. The van der Waals surface area contributed by atoms with Crippen molar-refractivity contribution in [1.29, 1.82) is 0 Å².